The van der Waals surface area contributed by atoms with Crippen LogP contribution >= 0.6 is 15.9 Å². The maximum atomic E-state index is 12.7. The number of hydrogen-bond acceptors (Lipinski definition) is 2. The van der Waals surface area contributed by atoms with Gasteiger partial charge in [-0.05, 0) is 35.4 Å². The third-order valence-electron chi connectivity index (χ3n) is 3.80. The molecule has 4 nitrogen and oxygen atoms in total. The molecule has 0 aliphatic carbocycles. The van der Waals surface area contributed by atoms with E-state index in [1.54, 1.807) is 35.3 Å². The predicted molar refractivity (Wildman–Crippen MR) is 105 cm³/mol. The second-order valence-corrected chi connectivity index (χ2v) is 6.60. The van der Waals surface area contributed by atoms with Crippen molar-refractivity contribution in [3.63, 3.8) is 0 Å². The van der Waals surface area contributed by atoms with Crippen LogP contribution in [0, 0.1) is 0 Å². The number of alkyl halides is 3. The molecule has 1 aromatic heterocycles. The Morgan fingerprint density at radius 3 is 2.46 bits per heavy atom. The third-order valence-corrected chi connectivity index (χ3v) is 4.29. The van der Waals surface area contributed by atoms with Crippen LogP contribution in [0.25, 0.3) is 0 Å². The molecule has 1 atom stereocenters. The fraction of sp³-hybridized carbons (Fsp3) is 0.100. The van der Waals surface area contributed by atoms with Crippen molar-refractivity contribution in [2.75, 3.05) is 0 Å². The van der Waals surface area contributed by atoms with E-state index in [1.165, 1.54) is 12.2 Å². The van der Waals surface area contributed by atoms with Gasteiger partial charge in [0.2, 0.25) is 0 Å². The lowest BCUT2D eigenvalue weighted by Crippen LogP contribution is -2.34. The summed E-state index contributed by atoms with van der Waals surface area (Å²) in [6.07, 6.45) is -0.0465. The molecule has 0 aliphatic rings. The Morgan fingerprint density at radius 2 is 1.93 bits per heavy atom. The number of nitrogens with one attached hydrogen (secondary N) is 2. The van der Waals surface area contributed by atoms with Crippen molar-refractivity contribution in [3.8, 4) is 0 Å². The molecule has 0 spiro atoms. The fourth-order valence-corrected chi connectivity index (χ4v) is 2.91. The minimum Gasteiger partial charge on any atom is -0.341 e. The normalized spacial score (nSPS) is 12.9. The quantitative estimate of drug-likeness (QED) is 0.610. The second-order valence-electron chi connectivity index (χ2n) is 5.68. The van der Waals surface area contributed by atoms with Gasteiger partial charge < -0.3 is 10.3 Å². The maximum absolute atomic E-state index is 12.7. The minimum atomic E-state index is -4.71. The van der Waals surface area contributed by atoms with Crippen LogP contribution < -0.4 is 10.9 Å². The van der Waals surface area contributed by atoms with Gasteiger partial charge >= 0.3 is 6.18 Å². The highest BCUT2D eigenvalue weighted by Crippen LogP contribution is 2.27. The van der Waals surface area contributed by atoms with E-state index in [0.29, 0.717) is 17.2 Å². The molecule has 0 bridgehead atoms. The topological polar surface area (TPSA) is 62.0 Å². The summed E-state index contributed by atoms with van der Waals surface area (Å²) in [4.78, 5) is 26.3. The van der Waals surface area contributed by atoms with Crippen LogP contribution in [-0.4, -0.2) is 10.9 Å². The number of benzene rings is 1. The van der Waals surface area contributed by atoms with Gasteiger partial charge in [0, 0.05) is 4.47 Å². The Hall–Kier alpha value is -2.87. The van der Waals surface area contributed by atoms with Crippen molar-refractivity contribution in [2.24, 2.45) is 0 Å². The van der Waals surface area contributed by atoms with Crippen LogP contribution in [0.2, 0.25) is 0 Å². The SMILES string of the molecule is C=C/C=C(\C=C)C(NC(=O)c1ccc(C(F)(F)F)[nH]c1=O)c1cccc(Br)c1. The predicted octanol–water partition coefficient (Wildman–Crippen LogP) is 4.93. The first kappa shape index (κ1) is 21.4. The largest absolute Gasteiger partial charge is 0.431 e. The Balaban J connectivity index is 2.43. The van der Waals surface area contributed by atoms with E-state index in [4.69, 9.17) is 0 Å². The number of halogens is 4. The zero-order chi connectivity index (χ0) is 20.9. The number of allylic oxidation sites excluding steroid dienone is 2. The molecule has 28 heavy (non-hydrogen) atoms. The molecule has 2 rings (SSSR count). The third kappa shape index (κ3) is 5.10. The molecule has 0 radical (unpaired) electrons. The summed E-state index contributed by atoms with van der Waals surface area (Å²) >= 11 is 3.35. The van der Waals surface area contributed by atoms with E-state index in [0.717, 1.165) is 10.5 Å². The average Bonchev–Trinajstić information content (AvgIpc) is 2.63. The number of rotatable bonds is 6. The van der Waals surface area contributed by atoms with Crippen LogP contribution in [0.5, 0.6) is 0 Å². The summed E-state index contributed by atoms with van der Waals surface area (Å²) in [5, 5.41) is 2.66. The molecule has 1 aromatic carbocycles. The lowest BCUT2D eigenvalue weighted by molar-refractivity contribution is -0.141. The van der Waals surface area contributed by atoms with Gasteiger partial charge in [-0.25, -0.2) is 0 Å². The van der Waals surface area contributed by atoms with Crippen molar-refractivity contribution >= 4 is 21.8 Å². The molecule has 2 N–H and O–H groups in total. The fourth-order valence-electron chi connectivity index (χ4n) is 2.49. The van der Waals surface area contributed by atoms with Crippen LogP contribution in [0.3, 0.4) is 0 Å². The van der Waals surface area contributed by atoms with E-state index in [1.807, 2.05) is 0 Å². The van der Waals surface area contributed by atoms with Gasteiger partial charge in [-0.2, -0.15) is 13.2 Å². The number of aromatic amines is 1. The number of amides is 1. The lowest BCUT2D eigenvalue weighted by Gasteiger charge is -2.21. The highest BCUT2D eigenvalue weighted by molar-refractivity contribution is 9.10. The number of H-pyrrole nitrogens is 1. The van der Waals surface area contributed by atoms with Crippen molar-refractivity contribution in [3.05, 3.63) is 105 Å². The Bertz CT molecular complexity index is 993. The van der Waals surface area contributed by atoms with Crippen molar-refractivity contribution in [2.45, 2.75) is 12.2 Å². The van der Waals surface area contributed by atoms with E-state index in [2.05, 4.69) is 34.4 Å². The Kier molecular flexibility index (Phi) is 6.80. The zero-order valence-corrected chi connectivity index (χ0v) is 16.1. The molecule has 146 valence electrons. The Labute approximate surface area is 167 Å². The molecule has 0 saturated carbocycles. The number of aromatic nitrogens is 1. The average molecular weight is 453 g/mol. The highest BCUT2D eigenvalue weighted by atomic mass is 79.9. The Morgan fingerprint density at radius 1 is 1.21 bits per heavy atom. The number of carbonyl (C=O) groups is 1. The molecular weight excluding hydrogens is 437 g/mol. The van der Waals surface area contributed by atoms with E-state index in [9.17, 15) is 22.8 Å². The first-order valence-corrected chi connectivity index (χ1v) is 8.78. The summed E-state index contributed by atoms with van der Waals surface area (Å²) < 4.78 is 38.9. The van der Waals surface area contributed by atoms with Crippen LogP contribution in [0.15, 0.2) is 82.6 Å². The van der Waals surface area contributed by atoms with Gasteiger partial charge in [0.15, 0.2) is 0 Å². The van der Waals surface area contributed by atoms with Crippen LogP contribution in [-0.2, 0) is 6.18 Å². The van der Waals surface area contributed by atoms with Crippen LogP contribution in [0.4, 0.5) is 13.2 Å². The highest BCUT2D eigenvalue weighted by Gasteiger charge is 2.32. The standard InChI is InChI=1S/C20H16BrF3N2O2/c1-3-6-12(4-2)17(13-7-5-8-14(21)11-13)26-19(28)15-9-10-16(20(22,23)24)25-18(15)27/h3-11,17H,1-2H2,(H,25,27)(H,26,28)/b12-6+. The molecule has 0 saturated heterocycles. The van der Waals surface area contributed by atoms with Gasteiger partial charge in [-0.3, -0.25) is 9.59 Å². The molecule has 0 fully saturated rings. The maximum Gasteiger partial charge on any atom is 0.431 e. The zero-order valence-electron chi connectivity index (χ0n) is 14.5. The molecule has 1 amide bonds. The molecule has 1 heterocycles. The molecular formula is C20H16BrF3N2O2. The van der Waals surface area contributed by atoms with Crippen molar-refractivity contribution in [1.82, 2.24) is 10.3 Å². The van der Waals surface area contributed by atoms with Gasteiger partial charge in [0.05, 0.1) is 6.04 Å². The monoisotopic (exact) mass is 452 g/mol. The second kappa shape index (κ2) is 8.88. The van der Waals surface area contributed by atoms with Crippen molar-refractivity contribution in [1.29, 1.82) is 0 Å². The van der Waals surface area contributed by atoms with Gasteiger partial charge in [-0.15, -0.1) is 0 Å². The van der Waals surface area contributed by atoms with E-state index in [-0.39, 0.29) is 0 Å². The molecule has 2 aromatic rings. The van der Waals surface area contributed by atoms with E-state index < -0.39 is 34.9 Å². The lowest BCUT2D eigenvalue weighted by atomic mass is 9.97. The van der Waals surface area contributed by atoms with Gasteiger partial charge in [-0.1, -0.05) is 59.4 Å². The molecule has 0 aliphatic heterocycles. The van der Waals surface area contributed by atoms with Gasteiger partial charge in [0.25, 0.3) is 11.5 Å². The molecule has 8 heteroatoms. The van der Waals surface area contributed by atoms with Gasteiger partial charge in [0.1, 0.15) is 11.3 Å². The summed E-state index contributed by atoms with van der Waals surface area (Å²) in [5.41, 5.74) is -1.53. The number of carbonyl (C=O) groups excluding carboxylic acids is 1. The summed E-state index contributed by atoms with van der Waals surface area (Å²) in [6, 6.07) is 7.89. The summed E-state index contributed by atoms with van der Waals surface area (Å²) in [7, 11) is 0. The first-order valence-electron chi connectivity index (χ1n) is 7.99. The minimum absolute atomic E-state index is 0.435. The summed E-state index contributed by atoms with van der Waals surface area (Å²) in [5.74, 6) is -0.822. The summed E-state index contributed by atoms with van der Waals surface area (Å²) in [6.45, 7) is 7.33. The first-order chi connectivity index (χ1) is 13.2. The molecule has 1 unspecified atom stereocenters. The van der Waals surface area contributed by atoms with Crippen molar-refractivity contribution < 1.29 is 18.0 Å². The van der Waals surface area contributed by atoms with E-state index >= 15 is 0 Å². The number of pyridine rings is 1. The number of hydrogen-bond donors (Lipinski definition) is 2. The van der Waals surface area contributed by atoms with Crippen LogP contribution in [0.1, 0.15) is 27.7 Å². The smallest absolute Gasteiger partial charge is 0.341 e.